The van der Waals surface area contributed by atoms with Crippen LogP contribution in [0.1, 0.15) is 17.0 Å². The van der Waals surface area contributed by atoms with E-state index >= 15 is 0 Å². The van der Waals surface area contributed by atoms with Crippen LogP contribution in [0, 0.1) is 6.92 Å². The number of nitrogens with one attached hydrogen (secondary N) is 1. The molecule has 1 amide bonds. The van der Waals surface area contributed by atoms with Crippen molar-refractivity contribution in [3.8, 4) is 11.3 Å². The summed E-state index contributed by atoms with van der Waals surface area (Å²) >= 11 is 7.63. The van der Waals surface area contributed by atoms with Crippen LogP contribution < -0.4 is 5.32 Å². The molecule has 0 aliphatic carbocycles. The van der Waals surface area contributed by atoms with Crippen LogP contribution in [0.25, 0.3) is 11.3 Å². The van der Waals surface area contributed by atoms with Gasteiger partial charge in [0, 0.05) is 46.9 Å². The molecule has 0 bridgehead atoms. The summed E-state index contributed by atoms with van der Waals surface area (Å²) in [6.45, 7) is 1.93. The van der Waals surface area contributed by atoms with Crippen molar-refractivity contribution in [1.82, 2.24) is 9.97 Å². The van der Waals surface area contributed by atoms with Gasteiger partial charge in [0.05, 0.1) is 10.7 Å². The number of aromatic nitrogens is 2. The van der Waals surface area contributed by atoms with Crippen LogP contribution >= 0.6 is 22.9 Å². The Balaban J connectivity index is 1.56. The van der Waals surface area contributed by atoms with Crippen LogP contribution in [0.3, 0.4) is 0 Å². The number of hydrogen-bond donors (Lipinski definition) is 1. The molecule has 24 heavy (non-hydrogen) atoms. The van der Waals surface area contributed by atoms with E-state index in [1.807, 2.05) is 36.6 Å². The summed E-state index contributed by atoms with van der Waals surface area (Å²) in [6.07, 6.45) is 4.49. The number of rotatable bonds is 5. The fourth-order valence-electron chi connectivity index (χ4n) is 2.20. The lowest BCUT2D eigenvalue weighted by molar-refractivity contribution is -0.116. The number of nitrogens with zero attached hydrogens (tertiary/aromatic N) is 2. The van der Waals surface area contributed by atoms with Crippen molar-refractivity contribution in [3.05, 3.63) is 63.7 Å². The molecule has 122 valence electrons. The second-order valence-electron chi connectivity index (χ2n) is 5.37. The van der Waals surface area contributed by atoms with Crippen LogP contribution in [0.5, 0.6) is 0 Å². The SMILES string of the molecule is Cc1ccc(NC(=O)CCc2nc(-c3ccncc3)cs2)cc1Cl. The van der Waals surface area contributed by atoms with Gasteiger partial charge in [-0.3, -0.25) is 9.78 Å². The summed E-state index contributed by atoms with van der Waals surface area (Å²) in [5.74, 6) is -0.0458. The fourth-order valence-corrected chi connectivity index (χ4v) is 3.18. The molecular weight excluding hydrogens is 342 g/mol. The number of amides is 1. The minimum Gasteiger partial charge on any atom is -0.326 e. The van der Waals surface area contributed by atoms with Crippen LogP contribution in [0.15, 0.2) is 48.1 Å². The highest BCUT2D eigenvalue weighted by atomic mass is 35.5. The van der Waals surface area contributed by atoms with Crippen molar-refractivity contribution < 1.29 is 4.79 Å². The Labute approximate surface area is 149 Å². The molecule has 0 unspecified atom stereocenters. The lowest BCUT2D eigenvalue weighted by Crippen LogP contribution is -2.12. The predicted octanol–water partition coefficient (Wildman–Crippen LogP) is 4.74. The Hall–Kier alpha value is -2.24. The third-order valence-electron chi connectivity index (χ3n) is 3.55. The van der Waals surface area contributed by atoms with Gasteiger partial charge in [-0.15, -0.1) is 11.3 Å². The smallest absolute Gasteiger partial charge is 0.224 e. The van der Waals surface area contributed by atoms with Crippen molar-refractivity contribution in [3.63, 3.8) is 0 Å². The number of pyridine rings is 1. The zero-order valence-electron chi connectivity index (χ0n) is 13.1. The maximum atomic E-state index is 12.1. The van der Waals surface area contributed by atoms with Gasteiger partial charge in [0.1, 0.15) is 0 Å². The highest BCUT2D eigenvalue weighted by Crippen LogP contribution is 2.23. The van der Waals surface area contributed by atoms with Crippen LogP contribution in [0.2, 0.25) is 5.02 Å². The van der Waals surface area contributed by atoms with Crippen molar-refractivity contribution in [2.24, 2.45) is 0 Å². The summed E-state index contributed by atoms with van der Waals surface area (Å²) in [4.78, 5) is 20.6. The maximum absolute atomic E-state index is 12.1. The van der Waals surface area contributed by atoms with E-state index in [1.165, 1.54) is 0 Å². The van der Waals surface area contributed by atoms with E-state index in [0.29, 0.717) is 23.6 Å². The van der Waals surface area contributed by atoms with Gasteiger partial charge < -0.3 is 5.32 Å². The van der Waals surface area contributed by atoms with E-state index in [1.54, 1.807) is 29.8 Å². The first kappa shape index (κ1) is 16.6. The first-order chi connectivity index (χ1) is 11.6. The van der Waals surface area contributed by atoms with E-state index in [4.69, 9.17) is 11.6 Å². The lowest BCUT2D eigenvalue weighted by atomic mass is 10.2. The molecular formula is C18H16ClN3OS. The third kappa shape index (κ3) is 4.19. The molecule has 0 atom stereocenters. The second-order valence-corrected chi connectivity index (χ2v) is 6.72. The van der Waals surface area contributed by atoms with Gasteiger partial charge in [0.2, 0.25) is 5.91 Å². The van der Waals surface area contributed by atoms with Gasteiger partial charge in [-0.25, -0.2) is 4.98 Å². The summed E-state index contributed by atoms with van der Waals surface area (Å²) < 4.78 is 0. The zero-order chi connectivity index (χ0) is 16.9. The Bertz CT molecular complexity index is 848. The molecule has 0 aliphatic heterocycles. The van der Waals surface area contributed by atoms with Gasteiger partial charge in [0.15, 0.2) is 0 Å². The number of anilines is 1. The molecule has 3 rings (SSSR count). The van der Waals surface area contributed by atoms with E-state index in [-0.39, 0.29) is 5.91 Å². The van der Waals surface area contributed by atoms with Crippen molar-refractivity contribution >= 4 is 34.5 Å². The lowest BCUT2D eigenvalue weighted by Gasteiger charge is -2.06. The van der Waals surface area contributed by atoms with Crippen molar-refractivity contribution in [2.75, 3.05) is 5.32 Å². The monoisotopic (exact) mass is 357 g/mol. The predicted molar refractivity (Wildman–Crippen MR) is 98.5 cm³/mol. The van der Waals surface area contributed by atoms with Gasteiger partial charge in [0.25, 0.3) is 0 Å². The van der Waals surface area contributed by atoms with Gasteiger partial charge in [-0.1, -0.05) is 17.7 Å². The number of thiazole rings is 1. The molecule has 0 fully saturated rings. The van der Waals surface area contributed by atoms with Gasteiger partial charge >= 0.3 is 0 Å². The maximum Gasteiger partial charge on any atom is 0.224 e. The molecule has 2 heterocycles. The molecule has 3 aromatic rings. The van der Waals surface area contributed by atoms with E-state index in [9.17, 15) is 4.79 Å². The Kier molecular flexibility index (Phi) is 5.23. The van der Waals surface area contributed by atoms with Crippen molar-refractivity contribution in [1.29, 1.82) is 0 Å². The number of benzene rings is 1. The third-order valence-corrected chi connectivity index (χ3v) is 4.87. The standard InChI is InChI=1S/C18H16ClN3OS/c1-12-2-3-14(10-15(12)19)21-17(23)4-5-18-22-16(11-24-18)13-6-8-20-9-7-13/h2-3,6-11H,4-5H2,1H3,(H,21,23). The molecule has 0 saturated heterocycles. The number of carbonyl (C=O) groups is 1. The quantitative estimate of drug-likeness (QED) is 0.717. The summed E-state index contributed by atoms with van der Waals surface area (Å²) in [6, 6.07) is 9.35. The second kappa shape index (κ2) is 7.55. The minimum absolute atomic E-state index is 0.0458. The Morgan fingerprint density at radius 3 is 2.79 bits per heavy atom. The molecule has 2 aromatic heterocycles. The molecule has 4 nitrogen and oxygen atoms in total. The fraction of sp³-hybridized carbons (Fsp3) is 0.167. The largest absolute Gasteiger partial charge is 0.326 e. The normalized spacial score (nSPS) is 10.6. The van der Waals surface area contributed by atoms with Gasteiger partial charge in [-0.05, 0) is 36.8 Å². The van der Waals surface area contributed by atoms with E-state index < -0.39 is 0 Å². The Morgan fingerprint density at radius 1 is 1.25 bits per heavy atom. The number of carbonyl (C=O) groups excluding carboxylic acids is 1. The first-order valence-electron chi connectivity index (χ1n) is 7.52. The Morgan fingerprint density at radius 2 is 2.04 bits per heavy atom. The average molecular weight is 358 g/mol. The highest BCUT2D eigenvalue weighted by molar-refractivity contribution is 7.09. The summed E-state index contributed by atoms with van der Waals surface area (Å²) in [7, 11) is 0. The molecule has 1 aromatic carbocycles. The van der Waals surface area contributed by atoms with Crippen LogP contribution in [0.4, 0.5) is 5.69 Å². The van der Waals surface area contributed by atoms with Crippen molar-refractivity contribution in [2.45, 2.75) is 19.8 Å². The number of aryl methyl sites for hydroxylation is 2. The summed E-state index contributed by atoms with van der Waals surface area (Å²) in [5, 5.41) is 6.46. The average Bonchev–Trinajstić information content (AvgIpc) is 3.06. The zero-order valence-corrected chi connectivity index (χ0v) is 14.7. The molecule has 0 radical (unpaired) electrons. The first-order valence-corrected chi connectivity index (χ1v) is 8.78. The number of hydrogen-bond acceptors (Lipinski definition) is 4. The molecule has 0 aliphatic rings. The molecule has 0 saturated carbocycles. The number of halogens is 1. The van der Waals surface area contributed by atoms with Crippen LogP contribution in [-0.2, 0) is 11.2 Å². The van der Waals surface area contributed by atoms with Gasteiger partial charge in [-0.2, -0.15) is 0 Å². The minimum atomic E-state index is -0.0458. The topological polar surface area (TPSA) is 54.9 Å². The highest BCUT2D eigenvalue weighted by Gasteiger charge is 2.08. The molecule has 6 heteroatoms. The molecule has 0 spiro atoms. The van der Waals surface area contributed by atoms with E-state index in [0.717, 1.165) is 21.8 Å². The van der Waals surface area contributed by atoms with Crippen LogP contribution in [-0.4, -0.2) is 15.9 Å². The molecule has 1 N–H and O–H groups in total. The van der Waals surface area contributed by atoms with E-state index in [2.05, 4.69) is 15.3 Å². The summed E-state index contributed by atoms with van der Waals surface area (Å²) in [5.41, 5.74) is 3.66.